The number of hydrogen-bond donors (Lipinski definition) is 0. The van der Waals surface area contributed by atoms with E-state index < -0.39 is 32.9 Å². The number of sulfonamides is 1. The van der Waals surface area contributed by atoms with Crippen LogP contribution in [0.5, 0.6) is 0 Å². The summed E-state index contributed by atoms with van der Waals surface area (Å²) in [5, 5.41) is 9.90. The van der Waals surface area contributed by atoms with Crippen molar-refractivity contribution >= 4 is 16.0 Å². The molecule has 0 aromatic carbocycles. The Hall–Kier alpha value is -1.39. The normalized spacial score (nSPS) is 32.1. The van der Waals surface area contributed by atoms with Gasteiger partial charge in [0.25, 0.3) is 0 Å². The number of carbonyl (C=O) groups is 1. The highest BCUT2D eigenvalue weighted by molar-refractivity contribution is 7.89. The maximum atomic E-state index is 14.5. The van der Waals surface area contributed by atoms with E-state index in [0.717, 1.165) is 64.2 Å². The van der Waals surface area contributed by atoms with Crippen LogP contribution in [0, 0.1) is 33.5 Å². The van der Waals surface area contributed by atoms with Gasteiger partial charge in [-0.3, -0.25) is 4.79 Å². The summed E-state index contributed by atoms with van der Waals surface area (Å²) in [6, 6.07) is 2.39. The van der Waals surface area contributed by atoms with Gasteiger partial charge in [0.1, 0.15) is 6.10 Å². The van der Waals surface area contributed by atoms with Crippen LogP contribution in [0.15, 0.2) is 12.7 Å². The summed E-state index contributed by atoms with van der Waals surface area (Å²) in [5.74, 6) is -0.156. The molecule has 0 aliphatic heterocycles. The largest absolute Gasteiger partial charge is 0.461 e. The lowest BCUT2D eigenvalue weighted by Crippen LogP contribution is -2.55. The zero-order valence-electron chi connectivity index (χ0n) is 23.3. The van der Waals surface area contributed by atoms with E-state index in [1.54, 1.807) is 6.08 Å². The molecule has 4 atom stereocenters. The third kappa shape index (κ3) is 5.02. The fraction of sp³-hybridized carbons (Fsp3) is 0.867. The van der Waals surface area contributed by atoms with Gasteiger partial charge < -0.3 is 4.74 Å². The van der Waals surface area contributed by atoms with Crippen LogP contribution in [-0.4, -0.2) is 42.6 Å². The number of esters is 1. The van der Waals surface area contributed by atoms with Crippen LogP contribution in [0.2, 0.25) is 0 Å². The second kappa shape index (κ2) is 11.0. The van der Waals surface area contributed by atoms with Gasteiger partial charge in [0.15, 0.2) is 5.41 Å². The highest BCUT2D eigenvalue weighted by atomic mass is 32.2. The molecule has 0 saturated heterocycles. The van der Waals surface area contributed by atoms with E-state index in [4.69, 9.17) is 4.74 Å². The summed E-state index contributed by atoms with van der Waals surface area (Å²) in [7, 11) is -3.58. The van der Waals surface area contributed by atoms with Crippen LogP contribution >= 0.6 is 0 Å². The quantitative estimate of drug-likeness (QED) is 0.236. The first-order chi connectivity index (χ1) is 17.6. The molecule has 0 aromatic heterocycles. The van der Waals surface area contributed by atoms with Crippen LogP contribution in [0.25, 0.3) is 0 Å². The van der Waals surface area contributed by atoms with Gasteiger partial charge in [0, 0.05) is 17.5 Å². The molecule has 4 rings (SSSR count). The predicted molar refractivity (Wildman–Crippen MR) is 146 cm³/mol. The fourth-order valence-corrected chi connectivity index (χ4v) is 11.2. The third-order valence-corrected chi connectivity index (χ3v) is 13.1. The highest BCUT2D eigenvalue weighted by Crippen LogP contribution is 2.67. The topological polar surface area (TPSA) is 87.5 Å². The molecule has 4 fully saturated rings. The Morgan fingerprint density at radius 3 is 2.11 bits per heavy atom. The van der Waals surface area contributed by atoms with Gasteiger partial charge in [-0.05, 0) is 69.1 Å². The summed E-state index contributed by atoms with van der Waals surface area (Å²) < 4.78 is 37.2. The molecule has 0 spiro atoms. The average molecular weight is 533 g/mol. The lowest BCUT2D eigenvalue weighted by Gasteiger charge is -2.46. The zero-order valence-corrected chi connectivity index (χ0v) is 24.2. The van der Waals surface area contributed by atoms with Crippen LogP contribution in [-0.2, 0) is 19.6 Å². The lowest BCUT2D eigenvalue weighted by atomic mass is 9.69. The van der Waals surface area contributed by atoms with Gasteiger partial charge in [0.05, 0.1) is 11.8 Å². The maximum absolute atomic E-state index is 14.5. The molecule has 4 saturated carbocycles. The Morgan fingerprint density at radius 1 is 1.08 bits per heavy atom. The molecule has 208 valence electrons. The first-order valence-corrected chi connectivity index (χ1v) is 16.4. The minimum Gasteiger partial charge on any atom is -0.461 e. The first kappa shape index (κ1) is 28.6. The second-order valence-electron chi connectivity index (χ2n) is 13.0. The van der Waals surface area contributed by atoms with Crippen molar-refractivity contribution in [2.75, 3.05) is 5.75 Å². The standard InChI is InChI=1S/C30H48N2O4S/c1-5-18-29(6-2,21-31)27(33)36-26-20-23-17-19-30(26,28(23,3)4)22-37(34,35)32(24-13-9-7-10-14-24)25-15-11-8-12-16-25/h5,23-26H,1,6-20,22H2,2-4H3/t23-,26-,29+,30-/m1/s1. The summed E-state index contributed by atoms with van der Waals surface area (Å²) in [5.41, 5.74) is -2.14. The number of carbonyl (C=O) groups excluding carboxylic acids is 1. The minimum absolute atomic E-state index is 0.0432. The Balaban J connectivity index is 1.66. The second-order valence-corrected chi connectivity index (χ2v) is 14.8. The highest BCUT2D eigenvalue weighted by Gasteiger charge is 2.67. The van der Waals surface area contributed by atoms with Crippen LogP contribution in [0.3, 0.4) is 0 Å². The van der Waals surface area contributed by atoms with Crippen molar-refractivity contribution in [3.8, 4) is 6.07 Å². The van der Waals surface area contributed by atoms with Crippen LogP contribution in [0.4, 0.5) is 0 Å². The predicted octanol–water partition coefficient (Wildman–Crippen LogP) is 6.52. The van der Waals surface area contributed by atoms with Crippen molar-refractivity contribution < 1.29 is 17.9 Å². The van der Waals surface area contributed by atoms with Crippen molar-refractivity contribution in [3.05, 3.63) is 12.7 Å². The summed E-state index contributed by atoms with van der Waals surface area (Å²) >= 11 is 0. The van der Waals surface area contributed by atoms with E-state index in [2.05, 4.69) is 26.5 Å². The molecule has 0 N–H and O–H groups in total. The number of fused-ring (bicyclic) bond motifs is 2. The average Bonchev–Trinajstić information content (AvgIpc) is 3.23. The van der Waals surface area contributed by atoms with E-state index in [1.165, 1.54) is 12.8 Å². The zero-order chi connectivity index (χ0) is 26.9. The van der Waals surface area contributed by atoms with E-state index in [0.29, 0.717) is 18.8 Å². The number of ether oxygens (including phenoxy) is 1. The maximum Gasteiger partial charge on any atom is 0.327 e. The number of nitrogens with zero attached hydrogens (tertiary/aromatic N) is 2. The van der Waals surface area contributed by atoms with E-state index in [9.17, 15) is 18.5 Å². The molecule has 6 nitrogen and oxygen atoms in total. The molecule has 4 aliphatic rings. The number of allylic oxidation sites excluding steroid dienone is 1. The molecule has 0 amide bonds. The SMILES string of the molecule is C=CC[C@](C#N)(CC)C(=O)O[C@@H]1C[C@H]2CC[C@]1(CS(=O)(=O)N(C1CCCCC1)C1CCCCC1)C2(C)C. The summed E-state index contributed by atoms with van der Waals surface area (Å²) in [6.07, 6.45) is 14.7. The molecular weight excluding hydrogens is 484 g/mol. The molecule has 0 heterocycles. The Bertz CT molecular complexity index is 972. The molecule has 2 bridgehead atoms. The molecule has 0 unspecified atom stereocenters. The Labute approximate surface area is 225 Å². The first-order valence-electron chi connectivity index (χ1n) is 14.8. The Morgan fingerprint density at radius 2 is 1.65 bits per heavy atom. The van der Waals surface area contributed by atoms with E-state index in [1.807, 2.05) is 11.2 Å². The van der Waals surface area contributed by atoms with E-state index >= 15 is 0 Å². The van der Waals surface area contributed by atoms with Gasteiger partial charge >= 0.3 is 5.97 Å². The molecule has 0 aromatic rings. The van der Waals surface area contributed by atoms with E-state index in [-0.39, 0.29) is 29.7 Å². The van der Waals surface area contributed by atoms with Crippen molar-refractivity contribution in [1.82, 2.24) is 4.31 Å². The molecular formula is C30H48N2O4S. The van der Waals surface area contributed by atoms with Crippen molar-refractivity contribution in [2.45, 2.75) is 135 Å². The molecule has 37 heavy (non-hydrogen) atoms. The van der Waals surface area contributed by atoms with Gasteiger partial charge in [0.2, 0.25) is 10.0 Å². The number of nitriles is 1. The van der Waals surface area contributed by atoms with Gasteiger partial charge in [-0.25, -0.2) is 8.42 Å². The monoisotopic (exact) mass is 532 g/mol. The fourth-order valence-electron chi connectivity index (χ4n) is 8.36. The van der Waals surface area contributed by atoms with Gasteiger partial charge in [-0.1, -0.05) is 65.4 Å². The summed E-state index contributed by atoms with van der Waals surface area (Å²) in [4.78, 5) is 13.4. The molecule has 7 heteroatoms. The van der Waals surface area contributed by atoms with Gasteiger partial charge in [-0.2, -0.15) is 9.57 Å². The number of hydrogen-bond acceptors (Lipinski definition) is 5. The van der Waals surface area contributed by atoms with Crippen LogP contribution < -0.4 is 0 Å². The minimum atomic E-state index is -3.58. The van der Waals surface area contributed by atoms with Gasteiger partial charge in [-0.15, -0.1) is 6.58 Å². The lowest BCUT2D eigenvalue weighted by molar-refractivity contribution is -0.165. The summed E-state index contributed by atoms with van der Waals surface area (Å²) in [6.45, 7) is 9.93. The molecule has 4 aliphatic carbocycles. The Kier molecular flexibility index (Phi) is 8.51. The molecule has 0 radical (unpaired) electrons. The number of rotatable bonds is 10. The van der Waals surface area contributed by atoms with Crippen molar-refractivity contribution in [3.63, 3.8) is 0 Å². The van der Waals surface area contributed by atoms with Crippen molar-refractivity contribution in [2.24, 2.45) is 22.2 Å². The van der Waals surface area contributed by atoms with Crippen LogP contribution in [0.1, 0.15) is 117 Å². The smallest absolute Gasteiger partial charge is 0.327 e. The van der Waals surface area contributed by atoms with Crippen molar-refractivity contribution in [1.29, 1.82) is 5.26 Å². The third-order valence-electron chi connectivity index (χ3n) is 10.9.